The predicted molar refractivity (Wildman–Crippen MR) is 101 cm³/mol. The van der Waals surface area contributed by atoms with E-state index in [0.29, 0.717) is 18.5 Å². The molecule has 0 N–H and O–H groups in total. The van der Waals surface area contributed by atoms with Crippen LogP contribution in [0.5, 0.6) is 0 Å². The number of rotatable bonds is 7. The largest absolute Gasteiger partial charge is 0.380 e. The average Bonchev–Trinajstić information content (AvgIpc) is 2.90. The van der Waals surface area contributed by atoms with Gasteiger partial charge in [0.25, 0.3) is 0 Å². The van der Waals surface area contributed by atoms with Gasteiger partial charge in [0, 0.05) is 26.6 Å². The minimum absolute atomic E-state index is 0.572. The van der Waals surface area contributed by atoms with Crippen molar-refractivity contribution in [3.8, 4) is 0 Å². The Balaban J connectivity index is 1.49. The zero-order valence-electron chi connectivity index (χ0n) is 16.1. The third-order valence-corrected chi connectivity index (χ3v) is 5.11. The third kappa shape index (κ3) is 5.37. The van der Waals surface area contributed by atoms with E-state index in [1.165, 1.54) is 30.4 Å². The molecule has 142 valence electrons. The number of ether oxygens (including phenoxy) is 1. The van der Waals surface area contributed by atoms with Gasteiger partial charge in [0.1, 0.15) is 0 Å². The van der Waals surface area contributed by atoms with E-state index in [2.05, 4.69) is 51.3 Å². The lowest BCUT2D eigenvalue weighted by Gasteiger charge is -2.26. The van der Waals surface area contributed by atoms with Crippen LogP contribution in [-0.4, -0.2) is 53.2 Å². The maximum Gasteiger partial charge on any atom is 0.223 e. The summed E-state index contributed by atoms with van der Waals surface area (Å²) in [6.07, 6.45) is 3.62. The molecule has 3 rings (SSSR count). The van der Waals surface area contributed by atoms with Gasteiger partial charge in [-0.25, -0.2) is 0 Å². The second kappa shape index (κ2) is 9.26. The topological polar surface area (TPSA) is 54.6 Å². The van der Waals surface area contributed by atoms with Gasteiger partial charge in [-0.15, -0.1) is 0 Å². The summed E-state index contributed by atoms with van der Waals surface area (Å²) in [6, 6.07) is 9.35. The van der Waals surface area contributed by atoms with Crippen LogP contribution >= 0.6 is 0 Å². The van der Waals surface area contributed by atoms with Crippen molar-refractivity contribution in [1.29, 1.82) is 0 Å². The molecule has 2 aromatic rings. The van der Waals surface area contributed by atoms with Crippen LogP contribution in [0.1, 0.15) is 42.1 Å². The first-order chi connectivity index (χ1) is 12.6. The summed E-state index contributed by atoms with van der Waals surface area (Å²) in [5.41, 5.74) is 2.60. The molecule has 0 saturated carbocycles. The number of benzene rings is 1. The Hall–Kier alpha value is -1.76. The lowest BCUT2D eigenvalue weighted by atomic mass is 10.1. The molecule has 1 aliphatic heterocycles. The molecule has 1 aromatic carbocycles. The van der Waals surface area contributed by atoms with E-state index in [1.54, 1.807) is 7.11 Å². The third-order valence-electron chi connectivity index (χ3n) is 5.11. The zero-order chi connectivity index (χ0) is 18.4. The Morgan fingerprint density at radius 3 is 2.65 bits per heavy atom. The second-order valence-electron chi connectivity index (χ2n) is 7.26. The molecule has 2 heterocycles. The van der Waals surface area contributed by atoms with Crippen molar-refractivity contribution in [3.05, 3.63) is 47.1 Å². The van der Waals surface area contributed by atoms with Crippen LogP contribution in [-0.2, 0) is 24.4 Å². The summed E-state index contributed by atoms with van der Waals surface area (Å²) in [4.78, 5) is 9.26. The first-order valence-electron chi connectivity index (χ1n) is 9.42. The fourth-order valence-electron chi connectivity index (χ4n) is 3.66. The molecule has 1 aromatic heterocycles. The summed E-state index contributed by atoms with van der Waals surface area (Å²) in [7, 11) is 3.90. The average molecular weight is 358 g/mol. The van der Waals surface area contributed by atoms with Crippen molar-refractivity contribution in [2.75, 3.05) is 27.2 Å². The van der Waals surface area contributed by atoms with E-state index >= 15 is 0 Å². The van der Waals surface area contributed by atoms with Crippen LogP contribution in [0.25, 0.3) is 0 Å². The van der Waals surface area contributed by atoms with Crippen molar-refractivity contribution in [2.24, 2.45) is 0 Å². The van der Waals surface area contributed by atoms with Gasteiger partial charge in [-0.3, -0.25) is 9.80 Å². The van der Waals surface area contributed by atoms with Crippen molar-refractivity contribution < 1.29 is 9.26 Å². The fraction of sp³-hybridized carbons (Fsp3) is 0.600. The number of likely N-dealkylation sites (tertiary alicyclic amines) is 1. The van der Waals surface area contributed by atoms with Crippen LogP contribution in [0.2, 0.25) is 0 Å². The maximum absolute atomic E-state index is 5.18. The van der Waals surface area contributed by atoms with Gasteiger partial charge in [0.15, 0.2) is 5.82 Å². The van der Waals surface area contributed by atoms with Gasteiger partial charge >= 0.3 is 0 Å². The van der Waals surface area contributed by atoms with E-state index in [9.17, 15) is 0 Å². The van der Waals surface area contributed by atoms with Crippen molar-refractivity contribution >= 4 is 0 Å². The smallest absolute Gasteiger partial charge is 0.223 e. The van der Waals surface area contributed by atoms with Crippen molar-refractivity contribution in [3.63, 3.8) is 0 Å². The molecule has 1 saturated heterocycles. The molecule has 0 bridgehead atoms. The Kier molecular flexibility index (Phi) is 6.77. The highest BCUT2D eigenvalue weighted by Gasteiger charge is 2.21. The quantitative estimate of drug-likeness (QED) is 0.758. The summed E-state index contributed by atoms with van der Waals surface area (Å²) in [6.45, 7) is 6.57. The number of hydrogen-bond donors (Lipinski definition) is 0. The summed E-state index contributed by atoms with van der Waals surface area (Å²) >= 11 is 0. The highest BCUT2D eigenvalue weighted by molar-refractivity contribution is 5.22. The zero-order valence-corrected chi connectivity index (χ0v) is 16.1. The number of aryl methyl sites for hydroxylation is 1. The van der Waals surface area contributed by atoms with E-state index < -0.39 is 0 Å². The maximum atomic E-state index is 5.18. The summed E-state index contributed by atoms with van der Waals surface area (Å²) < 4.78 is 10.3. The van der Waals surface area contributed by atoms with Crippen molar-refractivity contribution in [2.45, 2.75) is 51.9 Å². The first kappa shape index (κ1) is 19.0. The van der Waals surface area contributed by atoms with Crippen LogP contribution < -0.4 is 0 Å². The predicted octanol–water partition coefficient (Wildman–Crippen LogP) is 3.01. The minimum atomic E-state index is 0.572. The van der Waals surface area contributed by atoms with Crippen molar-refractivity contribution in [1.82, 2.24) is 19.9 Å². The Morgan fingerprint density at radius 1 is 1.19 bits per heavy atom. The molecule has 1 atom stereocenters. The molecule has 26 heavy (non-hydrogen) atoms. The molecular formula is C20H30N4O2. The summed E-state index contributed by atoms with van der Waals surface area (Å²) in [5, 5.41) is 4.02. The van der Waals surface area contributed by atoms with Gasteiger partial charge < -0.3 is 9.26 Å². The lowest BCUT2D eigenvalue weighted by Crippen LogP contribution is -2.33. The van der Waals surface area contributed by atoms with E-state index in [-0.39, 0.29) is 0 Å². The second-order valence-corrected chi connectivity index (χ2v) is 7.26. The van der Waals surface area contributed by atoms with Gasteiger partial charge in [-0.05, 0) is 50.5 Å². The Morgan fingerprint density at radius 2 is 1.96 bits per heavy atom. The van der Waals surface area contributed by atoms with Gasteiger partial charge in [-0.1, -0.05) is 29.4 Å². The molecule has 0 aliphatic carbocycles. The van der Waals surface area contributed by atoms with Crippen LogP contribution in [0.15, 0.2) is 28.8 Å². The van der Waals surface area contributed by atoms with Crippen LogP contribution in [0, 0.1) is 6.92 Å². The number of hydrogen-bond acceptors (Lipinski definition) is 6. The van der Waals surface area contributed by atoms with Gasteiger partial charge in [-0.2, -0.15) is 4.98 Å². The molecule has 6 heteroatoms. The molecule has 0 radical (unpaired) electrons. The van der Waals surface area contributed by atoms with E-state index in [1.807, 2.05) is 6.92 Å². The summed E-state index contributed by atoms with van der Waals surface area (Å²) in [5.74, 6) is 1.42. The Bertz CT molecular complexity index is 671. The highest BCUT2D eigenvalue weighted by atomic mass is 16.5. The molecule has 1 fully saturated rings. The minimum Gasteiger partial charge on any atom is -0.380 e. The Labute approximate surface area is 156 Å². The monoisotopic (exact) mass is 358 g/mol. The molecular weight excluding hydrogens is 328 g/mol. The number of aromatic nitrogens is 2. The molecule has 0 unspecified atom stereocenters. The van der Waals surface area contributed by atoms with Gasteiger partial charge in [0.2, 0.25) is 5.89 Å². The molecule has 0 amide bonds. The highest BCUT2D eigenvalue weighted by Crippen LogP contribution is 2.19. The lowest BCUT2D eigenvalue weighted by molar-refractivity contribution is 0.185. The van der Waals surface area contributed by atoms with Crippen LogP contribution in [0.4, 0.5) is 0 Å². The number of methoxy groups -OCH3 is 1. The van der Waals surface area contributed by atoms with E-state index in [4.69, 9.17) is 9.26 Å². The molecule has 0 spiro atoms. The normalized spacial score (nSPS) is 19.0. The SMILES string of the molecule is COCc1ccc(CN2CCC[C@H](N(C)Cc3noc(C)n3)CC2)cc1. The molecule has 1 aliphatic rings. The fourth-order valence-corrected chi connectivity index (χ4v) is 3.66. The van der Waals surface area contributed by atoms with Crippen LogP contribution in [0.3, 0.4) is 0 Å². The standard InChI is InChI=1S/C20H30N4O2/c1-16-21-20(22-26-16)14-23(2)19-5-4-11-24(12-10-19)13-17-6-8-18(9-7-17)15-25-3/h6-9,19H,4-5,10-15H2,1-3H3/t19-/m0/s1. The first-order valence-corrected chi connectivity index (χ1v) is 9.42. The van der Waals surface area contributed by atoms with E-state index in [0.717, 1.165) is 32.0 Å². The molecule has 6 nitrogen and oxygen atoms in total. The van der Waals surface area contributed by atoms with Gasteiger partial charge in [0.05, 0.1) is 13.2 Å². The number of nitrogens with zero attached hydrogens (tertiary/aromatic N) is 4.